The van der Waals surface area contributed by atoms with Crippen molar-refractivity contribution in [1.82, 2.24) is 0 Å². The Morgan fingerprint density at radius 2 is 1.07 bits per heavy atom. The lowest BCUT2D eigenvalue weighted by Crippen LogP contribution is -2.07. The molecule has 30 heavy (non-hydrogen) atoms. The molecule has 0 aromatic heterocycles. The summed E-state index contributed by atoms with van der Waals surface area (Å²) in [5.41, 5.74) is 0.644. The Bertz CT molecular complexity index is 1160. The fraction of sp³-hybridized carbons (Fsp3) is 0.0400. The second-order valence-corrected chi connectivity index (χ2v) is 10.8. The van der Waals surface area contributed by atoms with Gasteiger partial charge in [0, 0.05) is 0 Å². The Kier molecular flexibility index (Phi) is 5.93. The van der Waals surface area contributed by atoms with Crippen molar-refractivity contribution in [2.24, 2.45) is 0 Å². The van der Waals surface area contributed by atoms with Crippen molar-refractivity contribution in [1.29, 1.82) is 0 Å². The highest BCUT2D eigenvalue weighted by Crippen LogP contribution is 2.31. The van der Waals surface area contributed by atoms with E-state index in [0.29, 0.717) is 10.5 Å². The standard InChI is InChI=1S/C25H20O3S2/c26-21-13-11-20(12-14-21)19-30(27,28)25-17-15-24(16-18-25)29(22-7-3-1-4-8-22)23-9-5-2-6-10-23/h1-18H,19H2/p+1. The Labute approximate surface area is 179 Å². The summed E-state index contributed by atoms with van der Waals surface area (Å²) in [6, 6.07) is 33.9. The average Bonchev–Trinajstić information content (AvgIpc) is 2.77. The van der Waals surface area contributed by atoms with Crippen LogP contribution in [0.15, 0.2) is 129 Å². The Balaban J connectivity index is 1.66. The van der Waals surface area contributed by atoms with E-state index in [2.05, 4.69) is 24.3 Å². The first kappa shape index (κ1) is 20.3. The molecule has 0 bridgehead atoms. The van der Waals surface area contributed by atoms with Gasteiger partial charge in [0.15, 0.2) is 24.5 Å². The normalized spacial score (nSPS) is 11.5. The molecule has 0 amide bonds. The van der Waals surface area contributed by atoms with Crippen LogP contribution in [0.2, 0.25) is 0 Å². The summed E-state index contributed by atoms with van der Waals surface area (Å²) in [7, 11) is -3.79. The summed E-state index contributed by atoms with van der Waals surface area (Å²) in [6.45, 7) is 0. The van der Waals surface area contributed by atoms with E-state index < -0.39 is 9.84 Å². The van der Waals surface area contributed by atoms with Crippen molar-refractivity contribution < 1.29 is 13.5 Å². The summed E-state index contributed by atoms with van der Waals surface area (Å²) in [4.78, 5) is 3.73. The number of phenols is 1. The van der Waals surface area contributed by atoms with Crippen LogP contribution in [-0.4, -0.2) is 13.5 Å². The quantitative estimate of drug-likeness (QED) is 0.411. The van der Waals surface area contributed by atoms with E-state index in [1.165, 1.54) is 21.9 Å². The van der Waals surface area contributed by atoms with Gasteiger partial charge < -0.3 is 5.11 Å². The molecule has 4 rings (SSSR count). The second-order valence-electron chi connectivity index (χ2n) is 6.83. The molecule has 1 N–H and O–H groups in total. The third-order valence-corrected chi connectivity index (χ3v) is 8.60. The monoisotopic (exact) mass is 433 g/mol. The maximum atomic E-state index is 12.8. The Hall–Kier alpha value is -3.02. The highest BCUT2D eigenvalue weighted by Gasteiger charge is 2.28. The first-order valence-corrected chi connectivity index (χ1v) is 12.4. The number of hydrogen-bond acceptors (Lipinski definition) is 3. The zero-order valence-electron chi connectivity index (χ0n) is 16.2. The highest BCUT2D eigenvalue weighted by atomic mass is 32.2. The van der Waals surface area contributed by atoms with Gasteiger partial charge in [-0.3, -0.25) is 0 Å². The number of rotatable bonds is 6. The molecule has 150 valence electrons. The molecule has 0 aliphatic carbocycles. The molecule has 0 spiro atoms. The topological polar surface area (TPSA) is 54.4 Å². The summed E-state index contributed by atoms with van der Waals surface area (Å²) in [6.07, 6.45) is 0. The van der Waals surface area contributed by atoms with Crippen molar-refractivity contribution in [2.45, 2.75) is 25.3 Å². The molecule has 0 saturated heterocycles. The molecule has 4 aromatic rings. The van der Waals surface area contributed by atoms with Gasteiger partial charge in [0.1, 0.15) is 5.75 Å². The average molecular weight is 434 g/mol. The molecule has 0 saturated carbocycles. The molecule has 0 atom stereocenters. The third kappa shape index (κ3) is 4.58. The van der Waals surface area contributed by atoms with E-state index in [9.17, 15) is 13.5 Å². The van der Waals surface area contributed by atoms with Gasteiger partial charge in [0.05, 0.1) is 21.5 Å². The smallest absolute Gasteiger partial charge is 0.182 e. The predicted octanol–water partition coefficient (Wildman–Crippen LogP) is 5.46. The van der Waals surface area contributed by atoms with Gasteiger partial charge in [-0.2, -0.15) is 0 Å². The van der Waals surface area contributed by atoms with E-state index in [0.717, 1.165) is 4.90 Å². The molecule has 5 heteroatoms. The van der Waals surface area contributed by atoms with Gasteiger partial charge in [0.25, 0.3) is 0 Å². The van der Waals surface area contributed by atoms with E-state index in [1.54, 1.807) is 24.3 Å². The summed E-state index contributed by atoms with van der Waals surface area (Å²) in [5, 5.41) is 9.39. The first-order chi connectivity index (χ1) is 14.5. The SMILES string of the molecule is O=S(=O)(Cc1ccc(O)cc1)c1ccc([S+](c2ccccc2)c2ccccc2)cc1. The molecule has 4 aromatic carbocycles. The maximum absolute atomic E-state index is 12.8. The van der Waals surface area contributed by atoms with Crippen molar-refractivity contribution in [2.75, 3.05) is 0 Å². The number of sulfone groups is 1. The fourth-order valence-corrected chi connectivity index (χ4v) is 6.63. The molecule has 3 nitrogen and oxygen atoms in total. The van der Waals surface area contributed by atoms with Crippen LogP contribution in [-0.2, 0) is 26.5 Å². The second kappa shape index (κ2) is 8.78. The fourth-order valence-electron chi connectivity index (χ4n) is 3.20. The van der Waals surface area contributed by atoms with E-state index in [4.69, 9.17) is 0 Å². The van der Waals surface area contributed by atoms with Crippen molar-refractivity contribution in [3.05, 3.63) is 115 Å². The van der Waals surface area contributed by atoms with Gasteiger partial charge in [-0.25, -0.2) is 8.42 Å². The Morgan fingerprint density at radius 1 is 0.600 bits per heavy atom. The lowest BCUT2D eigenvalue weighted by Gasteiger charge is -2.09. The van der Waals surface area contributed by atoms with E-state index in [-0.39, 0.29) is 22.4 Å². The molecular formula is C25H21O3S2+. The van der Waals surface area contributed by atoms with Crippen molar-refractivity contribution in [3.8, 4) is 5.75 Å². The predicted molar refractivity (Wildman–Crippen MR) is 120 cm³/mol. The van der Waals surface area contributed by atoms with Crippen LogP contribution in [0.4, 0.5) is 0 Å². The highest BCUT2D eigenvalue weighted by molar-refractivity contribution is 7.97. The Morgan fingerprint density at radius 3 is 1.57 bits per heavy atom. The van der Waals surface area contributed by atoms with Gasteiger partial charge >= 0.3 is 0 Å². The number of phenolic OH excluding ortho intramolecular Hbond substituents is 1. The largest absolute Gasteiger partial charge is 0.508 e. The minimum Gasteiger partial charge on any atom is -0.508 e. The molecule has 0 heterocycles. The van der Waals surface area contributed by atoms with Crippen LogP contribution < -0.4 is 0 Å². The maximum Gasteiger partial charge on any atom is 0.182 e. The lowest BCUT2D eigenvalue weighted by molar-refractivity contribution is 0.475. The van der Waals surface area contributed by atoms with Gasteiger partial charge in [-0.05, 0) is 66.2 Å². The van der Waals surface area contributed by atoms with Crippen LogP contribution >= 0.6 is 0 Å². The minimum atomic E-state index is -3.48. The van der Waals surface area contributed by atoms with Crippen LogP contribution in [0.1, 0.15) is 5.56 Å². The molecule has 0 aliphatic heterocycles. The molecule has 0 aliphatic rings. The van der Waals surface area contributed by atoms with E-state index >= 15 is 0 Å². The van der Waals surface area contributed by atoms with Gasteiger partial charge in [-0.1, -0.05) is 48.5 Å². The summed E-state index contributed by atoms with van der Waals surface area (Å²) in [5.74, 6) is 0.0183. The first-order valence-electron chi connectivity index (χ1n) is 9.48. The molecule has 0 unspecified atom stereocenters. The summed E-state index contributed by atoms with van der Waals surface area (Å²) < 4.78 is 25.7. The number of aromatic hydroxyl groups is 1. The van der Waals surface area contributed by atoms with Crippen LogP contribution in [0, 0.1) is 0 Å². The number of hydrogen-bond donors (Lipinski definition) is 1. The van der Waals surface area contributed by atoms with Gasteiger partial charge in [0.2, 0.25) is 0 Å². The third-order valence-electron chi connectivity index (χ3n) is 4.67. The van der Waals surface area contributed by atoms with Crippen LogP contribution in [0.5, 0.6) is 5.75 Å². The van der Waals surface area contributed by atoms with E-state index in [1.807, 2.05) is 48.5 Å². The van der Waals surface area contributed by atoms with Gasteiger partial charge in [-0.15, -0.1) is 0 Å². The number of benzene rings is 4. The van der Waals surface area contributed by atoms with Crippen molar-refractivity contribution in [3.63, 3.8) is 0 Å². The zero-order chi connectivity index (χ0) is 21.0. The van der Waals surface area contributed by atoms with Crippen LogP contribution in [0.3, 0.4) is 0 Å². The molecule has 0 fully saturated rings. The molecular weight excluding hydrogens is 412 g/mol. The minimum absolute atomic E-state index is 0.101. The molecule has 0 radical (unpaired) electrons. The van der Waals surface area contributed by atoms with Crippen LogP contribution in [0.25, 0.3) is 0 Å². The lowest BCUT2D eigenvalue weighted by atomic mass is 10.2. The van der Waals surface area contributed by atoms with Crippen molar-refractivity contribution >= 4 is 20.7 Å². The summed E-state index contributed by atoms with van der Waals surface area (Å²) >= 11 is 0. The zero-order valence-corrected chi connectivity index (χ0v) is 17.8.